The number of aliphatic hydroxyl groups excluding tert-OH is 1. The predicted molar refractivity (Wildman–Crippen MR) is 48.2 cm³/mol. The topological polar surface area (TPSA) is 58.6 Å². The molecule has 0 saturated carbocycles. The predicted octanol–water partition coefficient (Wildman–Crippen LogP) is -0.172. The molecule has 0 fully saturated rings. The second kappa shape index (κ2) is 4.99. The van der Waals surface area contributed by atoms with Gasteiger partial charge in [-0.1, -0.05) is 12.2 Å². The minimum absolute atomic E-state index is 0.191. The Morgan fingerprint density at radius 2 is 2.62 bits per heavy atom. The molecule has 0 amide bonds. The van der Waals surface area contributed by atoms with E-state index < -0.39 is 12.0 Å². The molecule has 2 atom stereocenters. The highest BCUT2D eigenvalue weighted by atomic mass is 16.5. The lowest BCUT2D eigenvalue weighted by molar-refractivity contribution is -0.144. The van der Waals surface area contributed by atoms with Crippen molar-refractivity contribution in [2.24, 2.45) is 0 Å². The van der Waals surface area contributed by atoms with Gasteiger partial charge in [0.1, 0.15) is 6.04 Å². The average molecular weight is 185 g/mol. The molecule has 0 aromatic heterocycles. The number of esters is 1. The fourth-order valence-electron chi connectivity index (χ4n) is 1.37. The van der Waals surface area contributed by atoms with E-state index in [-0.39, 0.29) is 12.6 Å². The molecule has 74 valence electrons. The van der Waals surface area contributed by atoms with Crippen molar-refractivity contribution in [3.8, 4) is 0 Å². The van der Waals surface area contributed by atoms with Crippen molar-refractivity contribution in [1.82, 2.24) is 5.32 Å². The van der Waals surface area contributed by atoms with Crippen LogP contribution in [0.25, 0.3) is 0 Å². The third-order valence-corrected chi connectivity index (χ3v) is 2.10. The number of allylic oxidation sites excluding steroid dienone is 1. The molecule has 0 aromatic rings. The summed E-state index contributed by atoms with van der Waals surface area (Å²) >= 11 is 0. The van der Waals surface area contributed by atoms with Gasteiger partial charge in [0.05, 0.1) is 13.7 Å². The Balaban J connectivity index is 2.38. The van der Waals surface area contributed by atoms with Crippen molar-refractivity contribution in [3.05, 3.63) is 12.2 Å². The van der Waals surface area contributed by atoms with E-state index in [9.17, 15) is 4.79 Å². The first-order valence-corrected chi connectivity index (χ1v) is 4.39. The van der Waals surface area contributed by atoms with Gasteiger partial charge in [0.2, 0.25) is 0 Å². The van der Waals surface area contributed by atoms with E-state index in [1.165, 1.54) is 7.11 Å². The Morgan fingerprint density at radius 3 is 3.08 bits per heavy atom. The minimum atomic E-state index is -0.599. The van der Waals surface area contributed by atoms with Crippen LogP contribution in [0, 0.1) is 0 Å². The lowest BCUT2D eigenvalue weighted by atomic mass is 10.2. The van der Waals surface area contributed by atoms with E-state index in [0.717, 1.165) is 12.8 Å². The van der Waals surface area contributed by atoms with Crippen molar-refractivity contribution in [2.45, 2.75) is 24.9 Å². The van der Waals surface area contributed by atoms with E-state index >= 15 is 0 Å². The van der Waals surface area contributed by atoms with Gasteiger partial charge in [-0.15, -0.1) is 0 Å². The van der Waals surface area contributed by atoms with Gasteiger partial charge in [-0.05, 0) is 12.8 Å². The van der Waals surface area contributed by atoms with Crippen LogP contribution in [0.2, 0.25) is 0 Å². The van der Waals surface area contributed by atoms with Crippen molar-refractivity contribution in [3.63, 3.8) is 0 Å². The summed E-state index contributed by atoms with van der Waals surface area (Å²) in [5.41, 5.74) is 0. The summed E-state index contributed by atoms with van der Waals surface area (Å²) < 4.78 is 4.53. The number of carbonyl (C=O) groups is 1. The Bertz CT molecular complexity index is 203. The summed E-state index contributed by atoms with van der Waals surface area (Å²) in [6.45, 7) is -0.225. The molecular formula is C9H15NO3. The highest BCUT2D eigenvalue weighted by Crippen LogP contribution is 2.09. The fraction of sp³-hybridized carbons (Fsp3) is 0.667. The number of hydrogen-bond donors (Lipinski definition) is 2. The smallest absolute Gasteiger partial charge is 0.325 e. The molecular weight excluding hydrogens is 170 g/mol. The van der Waals surface area contributed by atoms with Crippen molar-refractivity contribution in [2.75, 3.05) is 13.7 Å². The molecule has 0 heterocycles. The van der Waals surface area contributed by atoms with E-state index in [4.69, 9.17) is 5.11 Å². The highest BCUT2D eigenvalue weighted by Gasteiger charge is 2.21. The van der Waals surface area contributed by atoms with Crippen molar-refractivity contribution >= 4 is 5.97 Å². The number of hydrogen-bond acceptors (Lipinski definition) is 4. The molecule has 0 bridgehead atoms. The Kier molecular flexibility index (Phi) is 3.92. The molecule has 0 radical (unpaired) electrons. The zero-order valence-corrected chi connectivity index (χ0v) is 7.69. The van der Waals surface area contributed by atoms with Crippen LogP contribution in [0.5, 0.6) is 0 Å². The number of methoxy groups -OCH3 is 1. The molecule has 2 N–H and O–H groups in total. The van der Waals surface area contributed by atoms with Crippen molar-refractivity contribution in [1.29, 1.82) is 0 Å². The molecule has 4 heteroatoms. The SMILES string of the molecule is COC(=O)[C@H](CO)N[C@H]1C=CCC1. The lowest BCUT2D eigenvalue weighted by Crippen LogP contribution is -2.44. The molecule has 0 aliphatic heterocycles. The number of nitrogens with one attached hydrogen (secondary N) is 1. The zero-order chi connectivity index (χ0) is 9.68. The van der Waals surface area contributed by atoms with Crippen LogP contribution >= 0.6 is 0 Å². The summed E-state index contributed by atoms with van der Waals surface area (Å²) in [4.78, 5) is 11.1. The van der Waals surface area contributed by atoms with Gasteiger partial charge in [0.25, 0.3) is 0 Å². The molecule has 0 aromatic carbocycles. The fourth-order valence-corrected chi connectivity index (χ4v) is 1.37. The minimum Gasteiger partial charge on any atom is -0.468 e. The van der Waals surface area contributed by atoms with Gasteiger partial charge in [0.15, 0.2) is 0 Å². The maximum Gasteiger partial charge on any atom is 0.325 e. The molecule has 4 nitrogen and oxygen atoms in total. The first kappa shape index (κ1) is 10.2. The number of rotatable bonds is 4. The van der Waals surface area contributed by atoms with Gasteiger partial charge in [0, 0.05) is 6.04 Å². The second-order valence-electron chi connectivity index (χ2n) is 3.04. The molecule has 1 aliphatic carbocycles. The zero-order valence-electron chi connectivity index (χ0n) is 7.69. The van der Waals surface area contributed by atoms with E-state index in [2.05, 4.69) is 16.1 Å². The van der Waals surface area contributed by atoms with Gasteiger partial charge in [-0.25, -0.2) is 0 Å². The third kappa shape index (κ3) is 2.82. The monoisotopic (exact) mass is 185 g/mol. The van der Waals surface area contributed by atoms with Gasteiger partial charge < -0.3 is 9.84 Å². The van der Waals surface area contributed by atoms with Crippen LogP contribution in [-0.4, -0.2) is 36.9 Å². The summed E-state index contributed by atoms with van der Waals surface area (Å²) in [6, 6.07) is -0.408. The third-order valence-electron chi connectivity index (χ3n) is 2.10. The standard InChI is InChI=1S/C9H15NO3/c1-13-9(12)8(6-11)10-7-4-2-3-5-7/h2,4,7-8,10-11H,3,5-6H2,1H3/t7-,8-/m0/s1. The van der Waals surface area contributed by atoms with Crippen LogP contribution in [0.1, 0.15) is 12.8 Å². The van der Waals surface area contributed by atoms with Crippen LogP contribution in [0.3, 0.4) is 0 Å². The molecule has 13 heavy (non-hydrogen) atoms. The second-order valence-corrected chi connectivity index (χ2v) is 3.04. The first-order valence-electron chi connectivity index (χ1n) is 4.39. The Morgan fingerprint density at radius 1 is 1.85 bits per heavy atom. The van der Waals surface area contributed by atoms with E-state index in [1.54, 1.807) is 0 Å². The van der Waals surface area contributed by atoms with E-state index in [1.807, 2.05) is 6.08 Å². The van der Waals surface area contributed by atoms with Gasteiger partial charge in [-0.2, -0.15) is 0 Å². The van der Waals surface area contributed by atoms with Crippen LogP contribution in [-0.2, 0) is 9.53 Å². The number of carbonyl (C=O) groups excluding carboxylic acids is 1. The first-order chi connectivity index (χ1) is 6.27. The Hall–Kier alpha value is -0.870. The van der Waals surface area contributed by atoms with Crippen LogP contribution in [0.4, 0.5) is 0 Å². The Labute approximate surface area is 77.6 Å². The highest BCUT2D eigenvalue weighted by molar-refractivity contribution is 5.75. The summed E-state index contributed by atoms with van der Waals surface area (Å²) in [5.74, 6) is -0.414. The largest absolute Gasteiger partial charge is 0.468 e. The van der Waals surface area contributed by atoms with E-state index in [0.29, 0.717) is 0 Å². The van der Waals surface area contributed by atoms with Crippen LogP contribution in [0.15, 0.2) is 12.2 Å². The summed E-state index contributed by atoms with van der Waals surface area (Å²) in [7, 11) is 1.32. The molecule has 0 spiro atoms. The quantitative estimate of drug-likeness (QED) is 0.471. The maximum absolute atomic E-state index is 11.1. The molecule has 0 unspecified atom stereocenters. The summed E-state index contributed by atoms with van der Waals surface area (Å²) in [5, 5.41) is 11.9. The maximum atomic E-state index is 11.1. The molecule has 1 aliphatic rings. The number of aliphatic hydroxyl groups is 1. The summed E-state index contributed by atoms with van der Waals surface area (Å²) in [6.07, 6.45) is 6.07. The molecule has 0 saturated heterocycles. The normalized spacial score (nSPS) is 23.1. The van der Waals surface area contributed by atoms with Crippen LogP contribution < -0.4 is 5.32 Å². The van der Waals surface area contributed by atoms with Gasteiger partial charge in [-0.3, -0.25) is 10.1 Å². The average Bonchev–Trinajstić information content (AvgIpc) is 2.65. The lowest BCUT2D eigenvalue weighted by Gasteiger charge is -2.17. The van der Waals surface area contributed by atoms with Crippen molar-refractivity contribution < 1.29 is 14.6 Å². The number of ether oxygens (including phenoxy) is 1. The molecule has 1 rings (SSSR count). The van der Waals surface area contributed by atoms with Gasteiger partial charge >= 0.3 is 5.97 Å².